The van der Waals surface area contributed by atoms with Crippen LogP contribution in [0.2, 0.25) is 0 Å². The molecule has 2 N–H and O–H groups in total. The monoisotopic (exact) mass is 394 g/mol. The Hall–Kier alpha value is -3.19. The summed E-state index contributed by atoms with van der Waals surface area (Å²) in [5.41, 5.74) is 4.61. The van der Waals surface area contributed by atoms with Crippen LogP contribution in [0.25, 0.3) is 11.1 Å². The van der Waals surface area contributed by atoms with Gasteiger partial charge in [-0.3, -0.25) is 0 Å². The van der Waals surface area contributed by atoms with Crippen LogP contribution in [0.15, 0.2) is 53.9 Å². The van der Waals surface area contributed by atoms with E-state index in [2.05, 4.69) is 34.6 Å². The number of aromatic nitrogens is 1. The van der Waals surface area contributed by atoms with Crippen LogP contribution in [-0.2, 0) is 4.74 Å². The Bertz CT molecular complexity index is 1000. The maximum Gasteiger partial charge on any atom is 0.407 e. The molecule has 28 heavy (non-hydrogen) atoms. The van der Waals surface area contributed by atoms with E-state index >= 15 is 0 Å². The molecule has 0 aliphatic heterocycles. The second-order valence-corrected chi connectivity index (χ2v) is 7.46. The highest BCUT2D eigenvalue weighted by molar-refractivity contribution is 7.09. The zero-order valence-electron chi connectivity index (χ0n) is 15.1. The van der Waals surface area contributed by atoms with E-state index in [0.29, 0.717) is 5.01 Å². The van der Waals surface area contributed by atoms with Crippen molar-refractivity contribution in [1.82, 2.24) is 10.3 Å². The second-order valence-electron chi connectivity index (χ2n) is 6.57. The summed E-state index contributed by atoms with van der Waals surface area (Å²) in [6, 6.07) is 15.8. The van der Waals surface area contributed by atoms with E-state index in [0.717, 1.165) is 11.1 Å². The van der Waals surface area contributed by atoms with E-state index in [1.807, 2.05) is 24.3 Å². The van der Waals surface area contributed by atoms with Gasteiger partial charge in [0.1, 0.15) is 11.6 Å². The third-order valence-corrected chi connectivity index (χ3v) is 5.82. The number of nitrogens with zero attached hydrogens (tertiary/aromatic N) is 1. The molecule has 0 radical (unpaired) electrons. The first-order chi connectivity index (χ1) is 13.5. The molecule has 1 aliphatic rings. The quantitative estimate of drug-likeness (QED) is 0.668. The molecule has 7 heteroatoms. The van der Waals surface area contributed by atoms with Crippen molar-refractivity contribution in [2.75, 3.05) is 6.61 Å². The van der Waals surface area contributed by atoms with Crippen molar-refractivity contribution < 1.29 is 19.4 Å². The number of alkyl carbamates (subject to hydrolysis) is 1. The van der Waals surface area contributed by atoms with Crippen molar-refractivity contribution in [3.05, 3.63) is 75.7 Å². The van der Waals surface area contributed by atoms with Gasteiger partial charge in [0.05, 0.1) is 6.04 Å². The van der Waals surface area contributed by atoms with Crippen LogP contribution in [0.3, 0.4) is 0 Å². The summed E-state index contributed by atoms with van der Waals surface area (Å²) in [5.74, 6) is -1.09. The molecule has 142 valence electrons. The van der Waals surface area contributed by atoms with Gasteiger partial charge < -0.3 is 15.2 Å². The van der Waals surface area contributed by atoms with Crippen molar-refractivity contribution in [1.29, 1.82) is 0 Å². The number of nitrogens with one attached hydrogen (secondary N) is 1. The molecule has 0 bridgehead atoms. The first kappa shape index (κ1) is 18.2. The Morgan fingerprint density at radius 3 is 2.32 bits per heavy atom. The highest BCUT2D eigenvalue weighted by atomic mass is 32.1. The number of thiazole rings is 1. The van der Waals surface area contributed by atoms with Crippen LogP contribution in [0, 0.1) is 0 Å². The summed E-state index contributed by atoms with van der Waals surface area (Å²) in [7, 11) is 0. The maximum atomic E-state index is 12.3. The van der Waals surface area contributed by atoms with E-state index in [9.17, 15) is 9.59 Å². The largest absolute Gasteiger partial charge is 0.476 e. The Morgan fingerprint density at radius 1 is 1.14 bits per heavy atom. The van der Waals surface area contributed by atoms with Crippen molar-refractivity contribution >= 4 is 23.4 Å². The van der Waals surface area contributed by atoms with Gasteiger partial charge >= 0.3 is 12.1 Å². The summed E-state index contributed by atoms with van der Waals surface area (Å²) in [5, 5.41) is 13.6. The second kappa shape index (κ2) is 7.44. The van der Waals surface area contributed by atoms with Crippen molar-refractivity contribution in [2.45, 2.75) is 18.9 Å². The number of carboxylic acid groups (broad SMARTS) is 1. The number of carbonyl (C=O) groups excluding carboxylic acids is 1. The molecule has 2 aromatic carbocycles. The minimum Gasteiger partial charge on any atom is -0.476 e. The standard InChI is InChI=1S/C21H18N2O4S/c1-12(19-23-18(11-28-19)20(24)25)22-21(26)27-10-17-15-8-4-2-6-13(15)14-7-3-5-9-16(14)17/h2-9,11-12,17H,10H2,1H3,(H,22,26)(H,24,25)/t12-/m1/s1. The number of carboxylic acids is 1. The van der Waals surface area contributed by atoms with Crippen LogP contribution >= 0.6 is 11.3 Å². The molecule has 1 atom stereocenters. The fraction of sp³-hybridized carbons (Fsp3) is 0.190. The van der Waals surface area contributed by atoms with E-state index in [4.69, 9.17) is 9.84 Å². The number of fused-ring (bicyclic) bond motifs is 3. The first-order valence-corrected chi connectivity index (χ1v) is 9.73. The molecule has 0 saturated carbocycles. The highest BCUT2D eigenvalue weighted by Crippen LogP contribution is 2.44. The number of rotatable bonds is 5. The SMILES string of the molecule is C[C@@H](NC(=O)OCC1c2ccccc2-c2ccccc21)c1nc(C(=O)O)cs1. The molecule has 1 aliphatic carbocycles. The fourth-order valence-electron chi connectivity index (χ4n) is 3.46. The summed E-state index contributed by atoms with van der Waals surface area (Å²) in [4.78, 5) is 27.2. The van der Waals surface area contributed by atoms with Crippen LogP contribution in [0.1, 0.15) is 45.5 Å². The van der Waals surface area contributed by atoms with Gasteiger partial charge in [-0.05, 0) is 29.2 Å². The molecule has 1 amide bonds. The van der Waals surface area contributed by atoms with Gasteiger partial charge in [0.15, 0.2) is 5.69 Å². The van der Waals surface area contributed by atoms with Crippen molar-refractivity contribution in [2.24, 2.45) is 0 Å². The van der Waals surface area contributed by atoms with Crippen LogP contribution in [0.4, 0.5) is 4.79 Å². The molecule has 1 heterocycles. The number of hydrogen-bond acceptors (Lipinski definition) is 5. The van der Waals surface area contributed by atoms with E-state index in [-0.39, 0.29) is 18.2 Å². The van der Waals surface area contributed by atoms with Gasteiger partial charge in [-0.1, -0.05) is 48.5 Å². The van der Waals surface area contributed by atoms with Crippen molar-refractivity contribution in [3.8, 4) is 11.1 Å². The summed E-state index contributed by atoms with van der Waals surface area (Å²) >= 11 is 1.19. The van der Waals surface area contributed by atoms with Gasteiger partial charge in [0, 0.05) is 11.3 Å². The molecule has 3 aromatic rings. The first-order valence-electron chi connectivity index (χ1n) is 8.85. The third kappa shape index (κ3) is 3.36. The lowest BCUT2D eigenvalue weighted by molar-refractivity contribution is 0.0691. The van der Waals surface area contributed by atoms with Crippen LogP contribution < -0.4 is 5.32 Å². The van der Waals surface area contributed by atoms with Gasteiger partial charge in [0.25, 0.3) is 0 Å². The average molecular weight is 394 g/mol. The smallest absolute Gasteiger partial charge is 0.407 e. The van der Waals surface area contributed by atoms with Crippen molar-refractivity contribution in [3.63, 3.8) is 0 Å². The number of hydrogen-bond donors (Lipinski definition) is 2. The number of ether oxygens (including phenoxy) is 1. The lowest BCUT2D eigenvalue weighted by atomic mass is 9.98. The van der Waals surface area contributed by atoms with E-state index in [1.165, 1.54) is 27.8 Å². The van der Waals surface area contributed by atoms with Gasteiger partial charge in [-0.15, -0.1) is 11.3 Å². The number of amides is 1. The molecule has 0 fully saturated rings. The maximum absolute atomic E-state index is 12.3. The predicted octanol–water partition coefficient (Wildman–Crippen LogP) is 4.44. The molecular weight excluding hydrogens is 376 g/mol. The molecule has 0 unspecified atom stereocenters. The third-order valence-electron chi connectivity index (χ3n) is 4.79. The van der Waals surface area contributed by atoms with Gasteiger partial charge in [-0.2, -0.15) is 0 Å². The molecule has 1 aromatic heterocycles. The molecule has 6 nitrogen and oxygen atoms in total. The topological polar surface area (TPSA) is 88.5 Å². The number of benzene rings is 2. The lowest BCUT2D eigenvalue weighted by Gasteiger charge is -2.16. The Labute approximate surface area is 165 Å². The fourth-order valence-corrected chi connectivity index (χ4v) is 4.26. The zero-order valence-corrected chi connectivity index (χ0v) is 15.9. The van der Waals surface area contributed by atoms with E-state index in [1.54, 1.807) is 6.92 Å². The molecule has 4 rings (SSSR count). The highest BCUT2D eigenvalue weighted by Gasteiger charge is 2.29. The number of aromatic carboxylic acids is 1. The molecular formula is C21H18N2O4S. The zero-order chi connectivity index (χ0) is 19.7. The Morgan fingerprint density at radius 2 is 1.75 bits per heavy atom. The van der Waals surface area contributed by atoms with Crippen LogP contribution in [0.5, 0.6) is 0 Å². The Kier molecular flexibility index (Phi) is 4.83. The van der Waals surface area contributed by atoms with Gasteiger partial charge in [-0.25, -0.2) is 14.6 Å². The normalized spacial score (nSPS) is 13.5. The minimum absolute atomic E-state index is 0.00747. The van der Waals surface area contributed by atoms with Gasteiger partial charge in [0.2, 0.25) is 0 Å². The summed E-state index contributed by atoms with van der Waals surface area (Å²) in [6.07, 6.45) is -0.554. The number of carbonyl (C=O) groups is 2. The average Bonchev–Trinajstić information content (AvgIpc) is 3.30. The van der Waals surface area contributed by atoms with E-state index < -0.39 is 18.1 Å². The minimum atomic E-state index is -1.09. The lowest BCUT2D eigenvalue weighted by Crippen LogP contribution is -2.28. The predicted molar refractivity (Wildman–Crippen MR) is 106 cm³/mol. The molecule has 0 saturated heterocycles. The summed E-state index contributed by atoms with van der Waals surface area (Å²) < 4.78 is 5.50. The Balaban J connectivity index is 1.43. The molecule has 0 spiro atoms. The summed E-state index contributed by atoms with van der Waals surface area (Å²) in [6.45, 7) is 1.97. The van der Waals surface area contributed by atoms with Crippen LogP contribution in [-0.4, -0.2) is 28.8 Å².